The normalized spacial score (nSPS) is 10.8. The zero-order valence-electron chi connectivity index (χ0n) is 15.9. The van der Waals surface area contributed by atoms with Gasteiger partial charge in [0.25, 0.3) is 0 Å². The molecule has 2 aromatic rings. The maximum Gasteiger partial charge on any atom is 0.226 e. The van der Waals surface area contributed by atoms with Gasteiger partial charge in [0, 0.05) is 25.3 Å². The minimum atomic E-state index is -0.0125. The summed E-state index contributed by atoms with van der Waals surface area (Å²) in [6, 6.07) is 5.64. The summed E-state index contributed by atoms with van der Waals surface area (Å²) in [5, 5.41) is 6.83. The van der Waals surface area contributed by atoms with Gasteiger partial charge in [0.15, 0.2) is 17.3 Å². The lowest BCUT2D eigenvalue weighted by Crippen LogP contribution is -2.22. The first kappa shape index (κ1) is 19.8. The Morgan fingerprint density at radius 1 is 1.31 bits per heavy atom. The number of ether oxygens (including phenoxy) is 2. The molecule has 7 heteroatoms. The third kappa shape index (κ3) is 5.75. The van der Waals surface area contributed by atoms with Crippen molar-refractivity contribution >= 4 is 5.91 Å². The van der Waals surface area contributed by atoms with E-state index in [2.05, 4.69) is 15.5 Å². The highest BCUT2D eigenvalue weighted by atomic mass is 16.5. The Bertz CT molecular complexity index is 713. The van der Waals surface area contributed by atoms with Crippen LogP contribution in [0.1, 0.15) is 56.8 Å². The molecule has 0 bridgehead atoms. The SMILES string of the molecule is CCOc1ccc(CNC(=O)CCCc2nc(C(C)C)no2)cc1OC. The molecule has 0 aliphatic heterocycles. The van der Waals surface area contributed by atoms with Gasteiger partial charge in [0.1, 0.15) is 0 Å². The maximum absolute atomic E-state index is 12.0. The molecule has 7 nitrogen and oxygen atoms in total. The molecule has 0 aliphatic rings. The monoisotopic (exact) mass is 361 g/mol. The van der Waals surface area contributed by atoms with E-state index in [0.29, 0.717) is 55.6 Å². The van der Waals surface area contributed by atoms with Crippen molar-refractivity contribution in [2.75, 3.05) is 13.7 Å². The maximum atomic E-state index is 12.0. The fourth-order valence-electron chi connectivity index (χ4n) is 2.39. The van der Waals surface area contributed by atoms with E-state index in [1.807, 2.05) is 39.0 Å². The number of nitrogens with zero attached hydrogens (tertiary/aromatic N) is 2. The third-order valence-corrected chi connectivity index (χ3v) is 3.81. The number of hydrogen-bond donors (Lipinski definition) is 1. The van der Waals surface area contributed by atoms with Gasteiger partial charge in [-0.15, -0.1) is 0 Å². The second-order valence-electron chi connectivity index (χ2n) is 6.25. The first-order valence-electron chi connectivity index (χ1n) is 8.92. The molecule has 1 N–H and O–H groups in total. The second kappa shape index (κ2) is 9.79. The quantitative estimate of drug-likeness (QED) is 0.699. The van der Waals surface area contributed by atoms with E-state index in [9.17, 15) is 4.79 Å². The van der Waals surface area contributed by atoms with Crippen molar-refractivity contribution in [3.05, 3.63) is 35.5 Å². The first-order chi connectivity index (χ1) is 12.5. The van der Waals surface area contributed by atoms with Gasteiger partial charge in [0.2, 0.25) is 11.8 Å². The molecule has 1 heterocycles. The summed E-state index contributed by atoms with van der Waals surface area (Å²) in [6.45, 7) is 6.96. The van der Waals surface area contributed by atoms with Crippen molar-refractivity contribution in [2.24, 2.45) is 0 Å². The van der Waals surface area contributed by atoms with E-state index in [1.54, 1.807) is 7.11 Å². The van der Waals surface area contributed by atoms with Gasteiger partial charge >= 0.3 is 0 Å². The van der Waals surface area contributed by atoms with Gasteiger partial charge in [-0.3, -0.25) is 4.79 Å². The molecule has 2 rings (SSSR count). The topological polar surface area (TPSA) is 86.5 Å². The summed E-state index contributed by atoms with van der Waals surface area (Å²) in [4.78, 5) is 16.3. The van der Waals surface area contributed by atoms with Crippen molar-refractivity contribution in [1.82, 2.24) is 15.5 Å². The third-order valence-electron chi connectivity index (χ3n) is 3.81. The summed E-state index contributed by atoms with van der Waals surface area (Å²) in [5.74, 6) is 2.87. The highest BCUT2D eigenvalue weighted by Gasteiger charge is 2.11. The van der Waals surface area contributed by atoms with Gasteiger partial charge in [0.05, 0.1) is 13.7 Å². The van der Waals surface area contributed by atoms with Crippen molar-refractivity contribution in [3.63, 3.8) is 0 Å². The number of carbonyl (C=O) groups is 1. The molecule has 142 valence electrons. The summed E-state index contributed by atoms with van der Waals surface area (Å²) in [5.41, 5.74) is 0.956. The Kier molecular flexibility index (Phi) is 7.44. The highest BCUT2D eigenvalue weighted by Crippen LogP contribution is 2.27. The van der Waals surface area contributed by atoms with Gasteiger partial charge in [-0.25, -0.2) is 0 Å². The molecule has 0 unspecified atom stereocenters. The van der Waals surface area contributed by atoms with E-state index in [0.717, 1.165) is 5.56 Å². The van der Waals surface area contributed by atoms with Crippen LogP contribution in [0.3, 0.4) is 0 Å². The number of aryl methyl sites for hydroxylation is 1. The fraction of sp³-hybridized carbons (Fsp3) is 0.526. The van der Waals surface area contributed by atoms with Crippen LogP contribution in [0.2, 0.25) is 0 Å². The Morgan fingerprint density at radius 2 is 2.12 bits per heavy atom. The van der Waals surface area contributed by atoms with Gasteiger partial charge < -0.3 is 19.3 Å². The summed E-state index contributed by atoms with van der Waals surface area (Å²) < 4.78 is 16.0. The molecule has 0 atom stereocenters. The van der Waals surface area contributed by atoms with Crippen molar-refractivity contribution in [3.8, 4) is 11.5 Å². The molecule has 0 radical (unpaired) electrons. The smallest absolute Gasteiger partial charge is 0.226 e. The molecule has 1 amide bonds. The van der Waals surface area contributed by atoms with Crippen LogP contribution in [0.15, 0.2) is 22.7 Å². The van der Waals surface area contributed by atoms with E-state index in [1.165, 1.54) is 0 Å². The largest absolute Gasteiger partial charge is 0.493 e. The fourth-order valence-corrected chi connectivity index (χ4v) is 2.39. The molecule has 0 fully saturated rings. The van der Waals surface area contributed by atoms with Crippen molar-refractivity contribution < 1.29 is 18.8 Å². The lowest BCUT2D eigenvalue weighted by Gasteiger charge is -2.11. The molecule has 26 heavy (non-hydrogen) atoms. The number of rotatable bonds is 10. The Labute approximate surface area is 154 Å². The Hall–Kier alpha value is -2.57. The zero-order chi connectivity index (χ0) is 18.9. The van der Waals surface area contributed by atoms with Crippen LogP contribution in [-0.2, 0) is 17.8 Å². The lowest BCUT2D eigenvalue weighted by atomic mass is 10.2. The molecular weight excluding hydrogens is 334 g/mol. The molecular formula is C19H27N3O4. The zero-order valence-corrected chi connectivity index (χ0v) is 15.9. The Balaban J connectivity index is 1.76. The predicted molar refractivity (Wildman–Crippen MR) is 97.3 cm³/mol. The highest BCUT2D eigenvalue weighted by molar-refractivity contribution is 5.75. The van der Waals surface area contributed by atoms with Crippen LogP contribution >= 0.6 is 0 Å². The van der Waals surface area contributed by atoms with E-state index in [-0.39, 0.29) is 11.8 Å². The average Bonchev–Trinajstić information content (AvgIpc) is 3.10. The van der Waals surface area contributed by atoms with Crippen LogP contribution in [0, 0.1) is 0 Å². The summed E-state index contributed by atoms with van der Waals surface area (Å²) >= 11 is 0. The number of methoxy groups -OCH3 is 1. The molecule has 0 saturated heterocycles. The van der Waals surface area contributed by atoms with E-state index in [4.69, 9.17) is 14.0 Å². The number of aromatic nitrogens is 2. The van der Waals surface area contributed by atoms with Gasteiger partial charge in [-0.2, -0.15) is 4.98 Å². The first-order valence-corrected chi connectivity index (χ1v) is 8.92. The number of carbonyl (C=O) groups excluding carboxylic acids is 1. The minimum absolute atomic E-state index is 0.0125. The molecule has 1 aromatic carbocycles. The van der Waals surface area contributed by atoms with Gasteiger partial charge in [-0.1, -0.05) is 25.1 Å². The van der Waals surface area contributed by atoms with Crippen LogP contribution in [0.25, 0.3) is 0 Å². The number of hydrogen-bond acceptors (Lipinski definition) is 6. The van der Waals surface area contributed by atoms with Crippen LogP contribution in [-0.4, -0.2) is 29.8 Å². The number of nitrogens with one attached hydrogen (secondary N) is 1. The van der Waals surface area contributed by atoms with Crippen molar-refractivity contribution in [2.45, 2.75) is 52.5 Å². The Morgan fingerprint density at radius 3 is 2.77 bits per heavy atom. The van der Waals surface area contributed by atoms with Crippen molar-refractivity contribution in [1.29, 1.82) is 0 Å². The van der Waals surface area contributed by atoms with Gasteiger partial charge in [-0.05, 0) is 31.0 Å². The predicted octanol–water partition coefficient (Wildman–Crippen LogP) is 3.24. The lowest BCUT2D eigenvalue weighted by molar-refractivity contribution is -0.121. The molecule has 0 aliphatic carbocycles. The van der Waals surface area contributed by atoms with Crippen LogP contribution in [0.5, 0.6) is 11.5 Å². The van der Waals surface area contributed by atoms with Crippen LogP contribution < -0.4 is 14.8 Å². The van der Waals surface area contributed by atoms with E-state index >= 15 is 0 Å². The second-order valence-corrected chi connectivity index (χ2v) is 6.25. The number of benzene rings is 1. The number of amides is 1. The molecule has 0 spiro atoms. The molecule has 1 aromatic heterocycles. The summed E-state index contributed by atoms with van der Waals surface area (Å²) in [6.07, 6.45) is 1.68. The van der Waals surface area contributed by atoms with E-state index < -0.39 is 0 Å². The average molecular weight is 361 g/mol. The van der Waals surface area contributed by atoms with Crippen LogP contribution in [0.4, 0.5) is 0 Å². The standard InChI is InChI=1S/C19H27N3O4/c1-5-25-15-10-9-14(11-16(15)24-4)12-20-17(23)7-6-8-18-21-19(13(2)3)22-26-18/h9-11,13H,5-8,12H2,1-4H3,(H,20,23). The molecule has 0 saturated carbocycles. The summed E-state index contributed by atoms with van der Waals surface area (Å²) in [7, 11) is 1.60. The minimum Gasteiger partial charge on any atom is -0.493 e.